The molecule has 2 rings (SSSR count). The van der Waals surface area contributed by atoms with Crippen molar-refractivity contribution in [1.82, 2.24) is 14.8 Å². The number of aryl methyl sites for hydroxylation is 1. The van der Waals surface area contributed by atoms with Gasteiger partial charge in [0.15, 0.2) is 5.69 Å². The smallest absolute Gasteiger partial charge is 0.356 e. The molecule has 7 heteroatoms. The first-order valence-corrected chi connectivity index (χ1v) is 6.23. The topological polar surface area (TPSA) is 68.0 Å². The number of aromatic nitrogens is 3. The zero-order valence-corrected chi connectivity index (χ0v) is 11.2. The zero-order valence-electron chi connectivity index (χ0n) is 8.79. The maximum absolute atomic E-state index is 10.8. The second-order valence-corrected chi connectivity index (χ2v) is 5.61. The molecule has 0 aliphatic rings. The fraction of sp³-hybridized carbons (Fsp3) is 0.100. The Morgan fingerprint density at radius 2 is 2.35 bits per heavy atom. The number of rotatable bonds is 3. The molecule has 0 unspecified atom stereocenters. The van der Waals surface area contributed by atoms with Gasteiger partial charge in [-0.05, 0) is 28.1 Å². The lowest BCUT2D eigenvalue weighted by Gasteiger charge is -1.84. The molecular formula is C10H8BrN3O2S. The maximum atomic E-state index is 10.8. The van der Waals surface area contributed by atoms with Crippen LogP contribution in [0.2, 0.25) is 0 Å². The van der Waals surface area contributed by atoms with Crippen molar-refractivity contribution in [2.75, 3.05) is 0 Å². The van der Waals surface area contributed by atoms with Gasteiger partial charge >= 0.3 is 5.97 Å². The molecule has 1 N–H and O–H groups in total. The summed E-state index contributed by atoms with van der Waals surface area (Å²) in [5.41, 5.74) is 0.983. The normalized spacial score (nSPS) is 11.2. The van der Waals surface area contributed by atoms with Crippen LogP contribution in [-0.2, 0) is 7.05 Å². The number of hydrogen-bond acceptors (Lipinski definition) is 4. The highest BCUT2D eigenvalue weighted by Gasteiger charge is 2.13. The third kappa shape index (κ3) is 2.80. The number of hydrogen-bond donors (Lipinski definition) is 1. The summed E-state index contributed by atoms with van der Waals surface area (Å²) in [6, 6.07) is 0. The van der Waals surface area contributed by atoms with E-state index in [-0.39, 0.29) is 5.69 Å². The van der Waals surface area contributed by atoms with Crippen LogP contribution < -0.4 is 0 Å². The van der Waals surface area contributed by atoms with E-state index >= 15 is 0 Å². The number of carboxylic acid groups (broad SMARTS) is 1. The van der Waals surface area contributed by atoms with Gasteiger partial charge in [0.05, 0.1) is 6.20 Å². The van der Waals surface area contributed by atoms with Gasteiger partial charge in [-0.25, -0.2) is 9.78 Å². The van der Waals surface area contributed by atoms with E-state index in [4.69, 9.17) is 5.11 Å². The van der Waals surface area contributed by atoms with Gasteiger partial charge in [-0.3, -0.25) is 4.68 Å². The van der Waals surface area contributed by atoms with E-state index in [9.17, 15) is 4.79 Å². The van der Waals surface area contributed by atoms with E-state index in [1.54, 1.807) is 17.0 Å². The lowest BCUT2D eigenvalue weighted by Crippen LogP contribution is -1.96. The molecule has 0 fully saturated rings. The molecule has 0 bridgehead atoms. The third-order valence-electron chi connectivity index (χ3n) is 1.95. The number of aromatic carboxylic acids is 1. The van der Waals surface area contributed by atoms with Crippen LogP contribution >= 0.6 is 27.3 Å². The Kier molecular flexibility index (Phi) is 3.39. The summed E-state index contributed by atoms with van der Waals surface area (Å²) < 4.78 is 2.22. The molecule has 0 aliphatic carbocycles. The van der Waals surface area contributed by atoms with Crippen LogP contribution in [-0.4, -0.2) is 25.8 Å². The zero-order chi connectivity index (χ0) is 12.4. The molecule has 0 aromatic carbocycles. The molecule has 0 saturated heterocycles. The Hall–Kier alpha value is -1.47. The van der Waals surface area contributed by atoms with Crippen molar-refractivity contribution in [2.45, 2.75) is 0 Å². The van der Waals surface area contributed by atoms with E-state index in [2.05, 4.69) is 26.0 Å². The van der Waals surface area contributed by atoms with Crippen molar-refractivity contribution in [1.29, 1.82) is 0 Å². The first-order chi connectivity index (χ1) is 8.06. The van der Waals surface area contributed by atoms with Crippen LogP contribution in [0.1, 0.15) is 21.1 Å². The summed E-state index contributed by atoms with van der Waals surface area (Å²) in [5.74, 6) is -1.03. The average molecular weight is 314 g/mol. The Morgan fingerprint density at radius 1 is 1.59 bits per heavy atom. The SMILES string of the molecule is Cn1cc(/C=C/c2nc(C(=O)O)c(Br)s2)cn1. The van der Waals surface area contributed by atoms with Crippen LogP contribution in [0.5, 0.6) is 0 Å². The molecule has 88 valence electrons. The van der Waals surface area contributed by atoms with E-state index in [0.717, 1.165) is 5.56 Å². The highest BCUT2D eigenvalue weighted by atomic mass is 79.9. The Labute approximate surface area is 110 Å². The second kappa shape index (κ2) is 4.80. The number of halogens is 1. The summed E-state index contributed by atoms with van der Waals surface area (Å²) in [6.07, 6.45) is 7.18. The van der Waals surface area contributed by atoms with Crippen LogP contribution in [0.15, 0.2) is 16.2 Å². The molecule has 2 aromatic rings. The highest BCUT2D eigenvalue weighted by molar-refractivity contribution is 9.11. The first kappa shape index (κ1) is 12.0. The number of carboxylic acids is 1. The van der Waals surface area contributed by atoms with E-state index < -0.39 is 5.97 Å². The van der Waals surface area contributed by atoms with E-state index in [1.165, 1.54) is 11.3 Å². The van der Waals surface area contributed by atoms with E-state index in [1.807, 2.05) is 19.3 Å². The molecule has 0 saturated carbocycles. The molecule has 2 aromatic heterocycles. The molecule has 0 spiro atoms. The molecule has 0 aliphatic heterocycles. The Balaban J connectivity index is 2.22. The fourth-order valence-corrected chi connectivity index (χ4v) is 2.66. The van der Waals surface area contributed by atoms with E-state index in [0.29, 0.717) is 8.79 Å². The van der Waals surface area contributed by atoms with Gasteiger partial charge in [0.1, 0.15) is 8.79 Å². The minimum atomic E-state index is -1.03. The largest absolute Gasteiger partial charge is 0.476 e. The van der Waals surface area contributed by atoms with Crippen molar-refractivity contribution in [3.05, 3.63) is 32.4 Å². The van der Waals surface area contributed by atoms with Crippen molar-refractivity contribution in [3.63, 3.8) is 0 Å². The van der Waals surface area contributed by atoms with Gasteiger partial charge in [0, 0.05) is 18.8 Å². The molecular weight excluding hydrogens is 306 g/mol. The quantitative estimate of drug-likeness (QED) is 0.945. The van der Waals surface area contributed by atoms with Gasteiger partial charge < -0.3 is 5.11 Å². The van der Waals surface area contributed by atoms with Gasteiger partial charge in [-0.15, -0.1) is 11.3 Å². The molecule has 0 radical (unpaired) electrons. The predicted molar refractivity (Wildman–Crippen MR) is 68.9 cm³/mol. The van der Waals surface area contributed by atoms with Gasteiger partial charge in [0.2, 0.25) is 0 Å². The lowest BCUT2D eigenvalue weighted by molar-refractivity contribution is 0.0690. The minimum Gasteiger partial charge on any atom is -0.476 e. The van der Waals surface area contributed by atoms with Crippen molar-refractivity contribution in [2.24, 2.45) is 7.05 Å². The van der Waals surface area contributed by atoms with Gasteiger partial charge in [-0.1, -0.05) is 0 Å². The maximum Gasteiger partial charge on any atom is 0.356 e. The molecule has 0 amide bonds. The monoisotopic (exact) mass is 313 g/mol. The Morgan fingerprint density at radius 3 is 2.88 bits per heavy atom. The lowest BCUT2D eigenvalue weighted by atomic mass is 10.3. The average Bonchev–Trinajstić information content (AvgIpc) is 2.82. The minimum absolute atomic E-state index is 0.0424. The number of thiazole rings is 1. The summed E-state index contributed by atoms with van der Waals surface area (Å²) in [7, 11) is 1.83. The number of carbonyl (C=O) groups is 1. The molecule has 0 atom stereocenters. The summed E-state index contributed by atoms with van der Waals surface area (Å²) in [6.45, 7) is 0. The van der Waals surface area contributed by atoms with Crippen LogP contribution in [0.25, 0.3) is 12.2 Å². The second-order valence-electron chi connectivity index (χ2n) is 3.26. The molecule has 2 heterocycles. The fourth-order valence-electron chi connectivity index (χ4n) is 1.21. The molecule has 17 heavy (non-hydrogen) atoms. The Bertz CT molecular complexity index is 588. The summed E-state index contributed by atoms with van der Waals surface area (Å²) >= 11 is 4.45. The van der Waals surface area contributed by atoms with Crippen molar-refractivity contribution >= 4 is 45.4 Å². The number of nitrogens with zero attached hydrogens (tertiary/aromatic N) is 3. The highest BCUT2D eigenvalue weighted by Crippen LogP contribution is 2.26. The van der Waals surface area contributed by atoms with Gasteiger partial charge in [0.25, 0.3) is 0 Å². The first-order valence-electron chi connectivity index (χ1n) is 4.62. The van der Waals surface area contributed by atoms with Crippen molar-refractivity contribution < 1.29 is 9.90 Å². The van der Waals surface area contributed by atoms with Crippen LogP contribution in [0.4, 0.5) is 0 Å². The third-order valence-corrected chi connectivity index (χ3v) is 3.62. The van der Waals surface area contributed by atoms with Gasteiger partial charge in [-0.2, -0.15) is 5.10 Å². The predicted octanol–water partition coefficient (Wildman–Crippen LogP) is 2.51. The molecule has 5 nitrogen and oxygen atoms in total. The van der Waals surface area contributed by atoms with Crippen molar-refractivity contribution in [3.8, 4) is 0 Å². The van der Waals surface area contributed by atoms with Crippen LogP contribution in [0.3, 0.4) is 0 Å². The summed E-state index contributed by atoms with van der Waals surface area (Å²) in [5, 5.41) is 13.5. The summed E-state index contributed by atoms with van der Waals surface area (Å²) in [4.78, 5) is 14.8. The van der Waals surface area contributed by atoms with Crippen LogP contribution in [0, 0.1) is 0 Å². The standard InChI is InChI=1S/C10H8BrN3O2S/c1-14-5-6(4-12-14)2-3-7-13-8(10(15)16)9(11)17-7/h2-5H,1H3,(H,15,16)/b3-2+.